The van der Waals surface area contributed by atoms with Gasteiger partial charge in [0.05, 0.1) is 38.2 Å². The molecule has 6 heteroatoms. The van der Waals surface area contributed by atoms with Crippen LogP contribution in [0.2, 0.25) is 0 Å². The summed E-state index contributed by atoms with van der Waals surface area (Å²) in [5, 5.41) is 3.98. The minimum absolute atomic E-state index is 0.00968. The monoisotopic (exact) mass is 367 g/mol. The normalized spacial score (nSPS) is 14.8. The van der Waals surface area contributed by atoms with Gasteiger partial charge in [0, 0.05) is 29.8 Å². The third-order valence-corrected chi connectivity index (χ3v) is 5.72. The lowest BCUT2D eigenvalue weighted by Crippen LogP contribution is -3.10. The molecule has 3 aromatic rings. The summed E-state index contributed by atoms with van der Waals surface area (Å²) in [7, 11) is 0. The molecule has 1 saturated heterocycles. The minimum atomic E-state index is -0.00968. The van der Waals surface area contributed by atoms with E-state index in [1.54, 1.807) is 22.4 Å². The van der Waals surface area contributed by atoms with Crippen molar-refractivity contribution in [2.24, 2.45) is 0 Å². The first kappa shape index (κ1) is 17.1. The maximum absolute atomic E-state index is 13.2. The van der Waals surface area contributed by atoms with Gasteiger partial charge in [-0.3, -0.25) is 4.79 Å². The van der Waals surface area contributed by atoms with Crippen LogP contribution in [0.4, 0.5) is 0 Å². The van der Waals surface area contributed by atoms with Crippen molar-refractivity contribution in [3.05, 3.63) is 58.7 Å². The number of benzene rings is 1. The fraction of sp³-hybridized carbons (Fsp3) is 0.350. The van der Waals surface area contributed by atoms with E-state index in [1.807, 2.05) is 46.7 Å². The van der Waals surface area contributed by atoms with E-state index in [0.717, 1.165) is 29.0 Å². The molecule has 1 N–H and O–H groups in total. The van der Waals surface area contributed by atoms with Gasteiger partial charge in [-0.1, -0.05) is 24.3 Å². The maximum Gasteiger partial charge on any atom is 0.273 e. The Kier molecular flexibility index (Phi) is 5.22. The Morgan fingerprint density at radius 2 is 2.00 bits per heavy atom. The number of amides is 1. The van der Waals surface area contributed by atoms with Crippen molar-refractivity contribution >= 4 is 28.1 Å². The van der Waals surface area contributed by atoms with Crippen LogP contribution in [0.1, 0.15) is 28.3 Å². The Hall–Kier alpha value is -2.31. The Balaban J connectivity index is 1.54. The second kappa shape index (κ2) is 7.93. The number of aromatic nitrogens is 2. The first-order valence-corrected chi connectivity index (χ1v) is 10.0. The maximum atomic E-state index is 13.2. The SMILES string of the molecule is O=C(c1ccc2ccccc2n1)N(CC[NH+]1CCCC1)Cc1nccs1. The number of para-hydroxylation sites is 1. The van der Waals surface area contributed by atoms with Crippen LogP contribution in [0, 0.1) is 0 Å². The molecule has 1 aliphatic rings. The molecule has 3 heterocycles. The lowest BCUT2D eigenvalue weighted by Gasteiger charge is -2.23. The zero-order chi connectivity index (χ0) is 17.8. The van der Waals surface area contributed by atoms with E-state index in [1.165, 1.54) is 25.9 Å². The zero-order valence-corrected chi connectivity index (χ0v) is 15.5. The van der Waals surface area contributed by atoms with E-state index in [4.69, 9.17) is 0 Å². The lowest BCUT2D eigenvalue weighted by atomic mass is 10.2. The summed E-state index contributed by atoms with van der Waals surface area (Å²) in [6.07, 6.45) is 4.38. The van der Waals surface area contributed by atoms with Crippen molar-refractivity contribution in [3.8, 4) is 0 Å². The number of carbonyl (C=O) groups excluding carboxylic acids is 1. The van der Waals surface area contributed by atoms with Gasteiger partial charge in [0.1, 0.15) is 10.7 Å². The second-order valence-corrected chi connectivity index (χ2v) is 7.73. The number of rotatable bonds is 6. The van der Waals surface area contributed by atoms with Crippen molar-refractivity contribution in [2.75, 3.05) is 26.2 Å². The van der Waals surface area contributed by atoms with Gasteiger partial charge >= 0.3 is 0 Å². The largest absolute Gasteiger partial charge is 0.333 e. The number of likely N-dealkylation sites (tertiary alicyclic amines) is 1. The van der Waals surface area contributed by atoms with E-state index < -0.39 is 0 Å². The van der Waals surface area contributed by atoms with Crippen LogP contribution in [0.25, 0.3) is 10.9 Å². The van der Waals surface area contributed by atoms with Gasteiger partial charge < -0.3 is 9.80 Å². The fourth-order valence-electron chi connectivity index (χ4n) is 3.51. The summed E-state index contributed by atoms with van der Waals surface area (Å²) >= 11 is 1.59. The van der Waals surface area contributed by atoms with Crippen molar-refractivity contribution in [2.45, 2.75) is 19.4 Å². The third kappa shape index (κ3) is 3.92. The second-order valence-electron chi connectivity index (χ2n) is 6.75. The van der Waals surface area contributed by atoms with Gasteiger partial charge in [0.15, 0.2) is 0 Å². The average Bonchev–Trinajstić information content (AvgIpc) is 3.38. The summed E-state index contributed by atoms with van der Waals surface area (Å²) in [5.74, 6) is -0.00968. The summed E-state index contributed by atoms with van der Waals surface area (Å²) in [4.78, 5) is 25.6. The fourth-order valence-corrected chi connectivity index (χ4v) is 4.14. The molecule has 0 atom stereocenters. The van der Waals surface area contributed by atoms with Crippen LogP contribution in [0.15, 0.2) is 48.0 Å². The molecule has 4 rings (SSSR count). The number of thiazole rings is 1. The predicted molar refractivity (Wildman–Crippen MR) is 103 cm³/mol. The molecular weight excluding hydrogens is 344 g/mol. The molecular formula is C20H23N4OS+. The zero-order valence-electron chi connectivity index (χ0n) is 14.7. The molecule has 0 saturated carbocycles. The average molecular weight is 367 g/mol. The molecule has 0 radical (unpaired) electrons. The van der Waals surface area contributed by atoms with Crippen LogP contribution in [-0.4, -0.2) is 47.0 Å². The number of carbonyl (C=O) groups is 1. The Morgan fingerprint density at radius 1 is 1.15 bits per heavy atom. The quantitative estimate of drug-likeness (QED) is 0.725. The smallest absolute Gasteiger partial charge is 0.273 e. The lowest BCUT2D eigenvalue weighted by molar-refractivity contribution is -0.886. The highest BCUT2D eigenvalue weighted by Crippen LogP contribution is 2.15. The highest BCUT2D eigenvalue weighted by molar-refractivity contribution is 7.09. The summed E-state index contributed by atoms with van der Waals surface area (Å²) in [5.41, 5.74) is 1.37. The molecule has 1 fully saturated rings. The van der Waals surface area contributed by atoms with Gasteiger partial charge in [-0.2, -0.15) is 0 Å². The van der Waals surface area contributed by atoms with Crippen molar-refractivity contribution in [1.29, 1.82) is 0 Å². The van der Waals surface area contributed by atoms with Crippen molar-refractivity contribution in [1.82, 2.24) is 14.9 Å². The highest BCUT2D eigenvalue weighted by atomic mass is 32.1. The van der Waals surface area contributed by atoms with Crippen molar-refractivity contribution < 1.29 is 9.69 Å². The number of nitrogens with one attached hydrogen (secondary N) is 1. The summed E-state index contributed by atoms with van der Waals surface area (Å²) in [6, 6.07) is 11.7. The van der Waals surface area contributed by atoms with E-state index in [-0.39, 0.29) is 5.91 Å². The molecule has 1 aromatic carbocycles. The number of quaternary nitrogens is 1. The summed E-state index contributed by atoms with van der Waals surface area (Å²) in [6.45, 7) is 4.71. The van der Waals surface area contributed by atoms with Crippen molar-refractivity contribution in [3.63, 3.8) is 0 Å². The Morgan fingerprint density at radius 3 is 2.81 bits per heavy atom. The standard InChI is InChI=1S/C20H22N4OS/c25-20(18-8-7-16-5-1-2-6-17(16)22-18)24(15-19-21-9-14-26-19)13-12-23-10-3-4-11-23/h1-2,5-9,14H,3-4,10-13,15H2/p+1. The Labute approximate surface area is 157 Å². The molecule has 1 aliphatic heterocycles. The number of pyridine rings is 1. The van der Waals surface area contributed by atoms with Gasteiger partial charge in [-0.25, -0.2) is 9.97 Å². The van der Waals surface area contributed by atoms with Crippen LogP contribution in [0.5, 0.6) is 0 Å². The van der Waals surface area contributed by atoms with E-state index in [0.29, 0.717) is 12.2 Å². The van der Waals surface area contributed by atoms with Gasteiger partial charge in [0.25, 0.3) is 5.91 Å². The molecule has 0 bridgehead atoms. The number of hydrogen-bond acceptors (Lipinski definition) is 4. The molecule has 0 unspecified atom stereocenters. The van der Waals surface area contributed by atoms with Gasteiger partial charge in [-0.05, 0) is 12.1 Å². The molecule has 2 aromatic heterocycles. The van der Waals surface area contributed by atoms with Crippen LogP contribution < -0.4 is 4.90 Å². The molecule has 134 valence electrons. The number of nitrogens with zero attached hydrogens (tertiary/aromatic N) is 3. The topological polar surface area (TPSA) is 50.5 Å². The number of fused-ring (bicyclic) bond motifs is 1. The van der Waals surface area contributed by atoms with E-state index in [9.17, 15) is 4.79 Å². The number of hydrogen-bond donors (Lipinski definition) is 1. The van der Waals surface area contributed by atoms with Crippen LogP contribution >= 0.6 is 11.3 Å². The highest BCUT2D eigenvalue weighted by Gasteiger charge is 2.22. The molecule has 5 nitrogen and oxygen atoms in total. The first-order valence-electron chi connectivity index (χ1n) is 9.16. The molecule has 1 amide bonds. The third-order valence-electron chi connectivity index (χ3n) is 4.96. The predicted octanol–water partition coefficient (Wildman–Crippen LogP) is 2.01. The first-order chi connectivity index (χ1) is 12.8. The van der Waals surface area contributed by atoms with Gasteiger partial charge in [-0.15, -0.1) is 11.3 Å². The van der Waals surface area contributed by atoms with E-state index >= 15 is 0 Å². The summed E-state index contributed by atoms with van der Waals surface area (Å²) < 4.78 is 0. The van der Waals surface area contributed by atoms with Gasteiger partial charge in [0.2, 0.25) is 0 Å². The van der Waals surface area contributed by atoms with E-state index in [2.05, 4.69) is 9.97 Å². The molecule has 26 heavy (non-hydrogen) atoms. The van der Waals surface area contributed by atoms with Crippen LogP contribution in [-0.2, 0) is 6.54 Å². The Bertz CT molecular complexity index is 874. The minimum Gasteiger partial charge on any atom is -0.333 e. The van der Waals surface area contributed by atoms with Crippen LogP contribution in [0.3, 0.4) is 0 Å². The molecule has 0 spiro atoms. The molecule has 0 aliphatic carbocycles.